The molecule has 0 saturated carbocycles. The van der Waals surface area contributed by atoms with Gasteiger partial charge in [0.25, 0.3) is 5.91 Å². The van der Waals surface area contributed by atoms with Crippen molar-refractivity contribution in [2.45, 2.75) is 25.2 Å². The molecule has 0 spiro atoms. The second-order valence-electron chi connectivity index (χ2n) is 7.43. The third-order valence-electron chi connectivity index (χ3n) is 5.69. The number of carbonyl (C=O) groups is 2. The second-order valence-corrected chi connectivity index (χ2v) is 8.31. The Morgan fingerprint density at radius 2 is 1.81 bits per heavy atom. The predicted octanol–water partition coefficient (Wildman–Crippen LogP) is 4.99. The number of hydrogen-bond donors (Lipinski definition) is 2. The van der Waals surface area contributed by atoms with Crippen LogP contribution in [0.15, 0.2) is 47.8 Å². The summed E-state index contributed by atoms with van der Waals surface area (Å²) < 4.78 is 10.5. The second kappa shape index (κ2) is 8.81. The number of carboxylic acid groups (broad SMARTS) is 1. The van der Waals surface area contributed by atoms with Gasteiger partial charge in [0.15, 0.2) is 11.5 Å². The van der Waals surface area contributed by atoms with Crippen LogP contribution in [-0.2, 0) is 12.8 Å². The highest BCUT2D eigenvalue weighted by Crippen LogP contribution is 2.40. The van der Waals surface area contributed by atoms with Crippen LogP contribution in [0.25, 0.3) is 0 Å². The summed E-state index contributed by atoms with van der Waals surface area (Å²) in [5.41, 5.74) is 3.92. The van der Waals surface area contributed by atoms with Crippen LogP contribution in [0.3, 0.4) is 0 Å². The molecule has 1 unspecified atom stereocenters. The van der Waals surface area contributed by atoms with Gasteiger partial charge in [0.1, 0.15) is 5.00 Å². The largest absolute Gasteiger partial charge is 0.493 e. The van der Waals surface area contributed by atoms with E-state index in [0.717, 1.165) is 24.8 Å². The minimum absolute atomic E-state index is 0.115. The number of anilines is 1. The predicted molar refractivity (Wildman–Crippen MR) is 120 cm³/mol. The standard InChI is InChI=1S/C24H23NO5S/c1-29-19-10-9-17(12-20(19)30-2)22(26)25-23-21(24(27)28)18(13-31-23)16-8-7-14-5-3-4-6-15(14)11-16/h3-6,9-10,12-13,16H,7-8,11H2,1-2H3,(H,25,26)(H,27,28). The average molecular weight is 438 g/mol. The Labute approximate surface area is 184 Å². The number of ether oxygens (including phenoxy) is 2. The third kappa shape index (κ3) is 4.14. The van der Waals surface area contributed by atoms with Crippen molar-refractivity contribution >= 4 is 28.2 Å². The molecule has 0 bridgehead atoms. The zero-order valence-electron chi connectivity index (χ0n) is 17.3. The molecule has 1 aromatic heterocycles. The van der Waals surface area contributed by atoms with Crippen molar-refractivity contribution in [2.24, 2.45) is 0 Å². The number of benzene rings is 2. The van der Waals surface area contributed by atoms with Crippen molar-refractivity contribution in [2.75, 3.05) is 19.5 Å². The van der Waals surface area contributed by atoms with E-state index < -0.39 is 11.9 Å². The van der Waals surface area contributed by atoms with E-state index in [2.05, 4.69) is 17.4 Å². The molecule has 0 aliphatic heterocycles. The van der Waals surface area contributed by atoms with Crippen molar-refractivity contribution in [1.29, 1.82) is 0 Å². The minimum atomic E-state index is -1.03. The minimum Gasteiger partial charge on any atom is -0.493 e. The van der Waals surface area contributed by atoms with Crippen LogP contribution < -0.4 is 14.8 Å². The van der Waals surface area contributed by atoms with E-state index in [1.54, 1.807) is 18.2 Å². The number of fused-ring (bicyclic) bond motifs is 1. The van der Waals surface area contributed by atoms with Gasteiger partial charge in [-0.3, -0.25) is 4.79 Å². The first kappa shape index (κ1) is 20.9. The SMILES string of the molecule is COc1ccc(C(=O)Nc2scc(C3CCc4ccccc4C3)c2C(=O)O)cc1OC. The number of amides is 1. The number of carbonyl (C=O) groups excluding carboxylic acids is 1. The monoisotopic (exact) mass is 437 g/mol. The Bertz CT molecular complexity index is 1140. The summed E-state index contributed by atoms with van der Waals surface area (Å²) in [5.74, 6) is -0.366. The van der Waals surface area contributed by atoms with Gasteiger partial charge < -0.3 is 19.9 Å². The van der Waals surface area contributed by atoms with Crippen LogP contribution in [0.1, 0.15) is 49.7 Å². The maximum Gasteiger partial charge on any atom is 0.339 e. The lowest BCUT2D eigenvalue weighted by molar-refractivity contribution is 0.0696. The van der Waals surface area contributed by atoms with Crippen molar-refractivity contribution in [1.82, 2.24) is 0 Å². The van der Waals surface area contributed by atoms with Gasteiger partial charge in [-0.2, -0.15) is 0 Å². The number of methoxy groups -OCH3 is 2. The molecule has 6 nitrogen and oxygen atoms in total. The molecule has 1 amide bonds. The molecule has 1 aliphatic rings. The van der Waals surface area contributed by atoms with Crippen LogP contribution in [-0.4, -0.2) is 31.2 Å². The molecule has 0 saturated heterocycles. The lowest BCUT2D eigenvalue weighted by atomic mass is 9.80. The maximum absolute atomic E-state index is 12.8. The van der Waals surface area contributed by atoms with E-state index in [1.165, 1.54) is 36.7 Å². The van der Waals surface area contributed by atoms with Gasteiger partial charge in [-0.15, -0.1) is 11.3 Å². The molecular formula is C24H23NO5S. The fraction of sp³-hybridized carbons (Fsp3) is 0.250. The summed E-state index contributed by atoms with van der Waals surface area (Å²) in [6, 6.07) is 13.1. The highest BCUT2D eigenvalue weighted by Gasteiger charge is 2.28. The van der Waals surface area contributed by atoms with Gasteiger partial charge >= 0.3 is 5.97 Å². The molecule has 1 aliphatic carbocycles. The zero-order chi connectivity index (χ0) is 22.0. The number of carboxylic acids is 1. The number of hydrogen-bond acceptors (Lipinski definition) is 5. The van der Waals surface area contributed by atoms with Crippen molar-refractivity contribution < 1.29 is 24.2 Å². The smallest absolute Gasteiger partial charge is 0.339 e. The summed E-state index contributed by atoms with van der Waals surface area (Å²) in [7, 11) is 3.02. The number of thiophene rings is 1. The highest BCUT2D eigenvalue weighted by molar-refractivity contribution is 7.15. The fourth-order valence-corrected chi connectivity index (χ4v) is 5.13. The zero-order valence-corrected chi connectivity index (χ0v) is 18.1. The molecule has 0 fully saturated rings. The summed E-state index contributed by atoms with van der Waals surface area (Å²) in [5, 5.41) is 14.9. The van der Waals surface area contributed by atoms with Crippen molar-refractivity contribution in [3.8, 4) is 11.5 Å². The Morgan fingerprint density at radius 1 is 1.06 bits per heavy atom. The summed E-state index contributed by atoms with van der Waals surface area (Å²) in [6.45, 7) is 0. The van der Waals surface area contributed by atoms with Crippen molar-refractivity contribution in [3.63, 3.8) is 0 Å². The fourth-order valence-electron chi connectivity index (χ4n) is 4.10. The average Bonchev–Trinajstić information content (AvgIpc) is 3.22. The number of aryl methyl sites for hydroxylation is 1. The van der Waals surface area contributed by atoms with E-state index >= 15 is 0 Å². The lowest BCUT2D eigenvalue weighted by Crippen LogP contribution is -2.17. The number of aromatic carboxylic acids is 1. The van der Waals surface area contributed by atoms with E-state index in [1.807, 2.05) is 17.5 Å². The molecule has 1 heterocycles. The van der Waals surface area contributed by atoms with Crippen molar-refractivity contribution in [3.05, 3.63) is 75.7 Å². The Balaban J connectivity index is 1.60. The van der Waals surface area contributed by atoms with Crippen LogP contribution >= 0.6 is 11.3 Å². The topological polar surface area (TPSA) is 84.9 Å². The summed E-state index contributed by atoms with van der Waals surface area (Å²) >= 11 is 1.25. The quantitative estimate of drug-likeness (QED) is 0.568. The summed E-state index contributed by atoms with van der Waals surface area (Å²) in [4.78, 5) is 24.9. The highest BCUT2D eigenvalue weighted by atomic mass is 32.1. The van der Waals surface area contributed by atoms with E-state index in [9.17, 15) is 14.7 Å². The first-order valence-corrected chi connectivity index (χ1v) is 10.8. The first-order chi connectivity index (χ1) is 15.0. The Kier molecular flexibility index (Phi) is 5.95. The molecule has 2 N–H and O–H groups in total. The Hall–Kier alpha value is -3.32. The maximum atomic E-state index is 12.8. The van der Waals surface area contributed by atoms with E-state index in [-0.39, 0.29) is 11.5 Å². The molecule has 31 heavy (non-hydrogen) atoms. The number of nitrogens with one attached hydrogen (secondary N) is 1. The molecule has 2 aromatic carbocycles. The van der Waals surface area contributed by atoms with Crippen LogP contribution in [0.4, 0.5) is 5.00 Å². The molecular weight excluding hydrogens is 414 g/mol. The molecule has 7 heteroatoms. The van der Waals surface area contributed by atoms with Crippen LogP contribution in [0.5, 0.6) is 11.5 Å². The van der Waals surface area contributed by atoms with E-state index in [4.69, 9.17) is 9.47 Å². The molecule has 3 aromatic rings. The summed E-state index contributed by atoms with van der Waals surface area (Å²) in [6.07, 6.45) is 2.61. The first-order valence-electron chi connectivity index (χ1n) is 9.96. The van der Waals surface area contributed by atoms with Gasteiger partial charge in [-0.1, -0.05) is 24.3 Å². The Morgan fingerprint density at radius 3 is 2.52 bits per heavy atom. The molecule has 160 valence electrons. The third-order valence-corrected chi connectivity index (χ3v) is 6.61. The van der Waals surface area contributed by atoms with Gasteiger partial charge in [0, 0.05) is 5.56 Å². The van der Waals surface area contributed by atoms with E-state index in [0.29, 0.717) is 22.1 Å². The molecule has 4 rings (SSSR count). The normalized spacial score (nSPS) is 15.1. The van der Waals surface area contributed by atoms with Gasteiger partial charge in [0.05, 0.1) is 19.8 Å². The van der Waals surface area contributed by atoms with Gasteiger partial charge in [0.2, 0.25) is 0 Å². The van der Waals surface area contributed by atoms with Crippen LogP contribution in [0.2, 0.25) is 0 Å². The van der Waals surface area contributed by atoms with Gasteiger partial charge in [-0.05, 0) is 65.4 Å². The number of rotatable bonds is 6. The molecule has 0 radical (unpaired) electrons. The molecule has 1 atom stereocenters. The lowest BCUT2D eigenvalue weighted by Gasteiger charge is -2.24. The van der Waals surface area contributed by atoms with Gasteiger partial charge in [-0.25, -0.2) is 4.79 Å². The van der Waals surface area contributed by atoms with Crippen LogP contribution in [0, 0.1) is 0 Å².